The molecule has 0 aromatic carbocycles. The molecule has 0 unspecified atom stereocenters. The maximum Gasteiger partial charge on any atom is 0.330 e. The molecule has 1 fully saturated rings. The topological polar surface area (TPSA) is 125 Å². The van der Waals surface area contributed by atoms with Crippen LogP contribution in [0.1, 0.15) is 11.8 Å². The fraction of sp³-hybridized carbons (Fsp3) is 0.500. The summed E-state index contributed by atoms with van der Waals surface area (Å²) in [4.78, 5) is 25.4. The summed E-state index contributed by atoms with van der Waals surface area (Å²) in [7, 11) is 0. The van der Waals surface area contributed by atoms with Crippen LogP contribution >= 0.6 is 0 Å². The Hall–Kier alpha value is -1.74. The van der Waals surface area contributed by atoms with Crippen molar-refractivity contribution < 1.29 is 20.1 Å². The van der Waals surface area contributed by atoms with Crippen LogP contribution in [-0.2, 0) is 11.2 Å². The number of aromatic nitrogens is 2. The maximum atomic E-state index is 11.8. The van der Waals surface area contributed by atoms with Crippen LogP contribution < -0.4 is 11.2 Å². The Morgan fingerprint density at radius 1 is 1.40 bits per heavy atom. The Kier molecular flexibility index (Phi) is 4.19. The lowest BCUT2D eigenvalue weighted by molar-refractivity contribution is -0.0551. The standard InChI is InChI=1S/C12H16N2O6/c1-2-3-6-4-14(12(19)13-10(6)18)11-9(17)8(16)7(5-15)20-11/h2,4,7-9,11,15-17H,1,3,5H2,(H,13,18,19)/t7-,8+,9-,11-/m1/s1. The fourth-order valence-electron chi connectivity index (χ4n) is 2.13. The summed E-state index contributed by atoms with van der Waals surface area (Å²) >= 11 is 0. The number of H-pyrrole nitrogens is 1. The van der Waals surface area contributed by atoms with E-state index in [0.717, 1.165) is 4.57 Å². The van der Waals surface area contributed by atoms with E-state index >= 15 is 0 Å². The van der Waals surface area contributed by atoms with Crippen LogP contribution in [-0.4, -0.2) is 49.8 Å². The van der Waals surface area contributed by atoms with E-state index in [0.29, 0.717) is 0 Å². The Labute approximate surface area is 113 Å². The molecule has 1 aromatic heterocycles. The molecule has 0 spiro atoms. The van der Waals surface area contributed by atoms with Crippen molar-refractivity contribution in [2.75, 3.05) is 6.61 Å². The predicted molar refractivity (Wildman–Crippen MR) is 68.2 cm³/mol. The van der Waals surface area contributed by atoms with Crippen molar-refractivity contribution in [3.8, 4) is 0 Å². The van der Waals surface area contributed by atoms with E-state index in [-0.39, 0.29) is 12.0 Å². The first kappa shape index (κ1) is 14.7. The van der Waals surface area contributed by atoms with Crippen LogP contribution in [0.15, 0.2) is 28.4 Å². The lowest BCUT2D eigenvalue weighted by atomic mass is 10.1. The number of hydrogen-bond acceptors (Lipinski definition) is 6. The highest BCUT2D eigenvalue weighted by Gasteiger charge is 2.43. The first-order valence-electron chi connectivity index (χ1n) is 6.07. The molecule has 2 rings (SSSR count). The number of ether oxygens (including phenoxy) is 1. The molecule has 0 bridgehead atoms. The Bertz CT molecular complexity index is 607. The molecule has 1 aliphatic rings. The van der Waals surface area contributed by atoms with Crippen molar-refractivity contribution >= 4 is 0 Å². The molecule has 8 nitrogen and oxygen atoms in total. The molecule has 0 saturated carbocycles. The average Bonchev–Trinajstić information content (AvgIpc) is 2.70. The van der Waals surface area contributed by atoms with E-state index in [1.54, 1.807) is 0 Å². The normalized spacial score (nSPS) is 29.6. The molecule has 0 radical (unpaired) electrons. The van der Waals surface area contributed by atoms with Crippen molar-refractivity contribution in [1.29, 1.82) is 0 Å². The van der Waals surface area contributed by atoms with Gasteiger partial charge in [-0.3, -0.25) is 14.3 Å². The number of rotatable bonds is 4. The first-order chi connectivity index (χ1) is 9.49. The van der Waals surface area contributed by atoms with E-state index in [1.165, 1.54) is 12.3 Å². The summed E-state index contributed by atoms with van der Waals surface area (Å²) in [5.41, 5.74) is -1.03. The van der Waals surface area contributed by atoms with Gasteiger partial charge in [0.1, 0.15) is 18.3 Å². The number of aliphatic hydroxyl groups excluding tert-OH is 3. The highest BCUT2D eigenvalue weighted by Crippen LogP contribution is 2.27. The quantitative estimate of drug-likeness (QED) is 0.468. The molecule has 8 heteroatoms. The zero-order chi connectivity index (χ0) is 14.9. The third-order valence-electron chi connectivity index (χ3n) is 3.20. The molecule has 4 N–H and O–H groups in total. The van der Waals surface area contributed by atoms with Crippen LogP contribution in [0.25, 0.3) is 0 Å². The van der Waals surface area contributed by atoms with Gasteiger partial charge in [-0.1, -0.05) is 6.08 Å². The molecule has 110 valence electrons. The minimum atomic E-state index is -1.38. The highest BCUT2D eigenvalue weighted by molar-refractivity contribution is 5.09. The molecule has 20 heavy (non-hydrogen) atoms. The number of nitrogens with zero attached hydrogens (tertiary/aromatic N) is 1. The van der Waals surface area contributed by atoms with E-state index in [9.17, 15) is 19.8 Å². The van der Waals surface area contributed by atoms with Gasteiger partial charge in [-0.05, 0) is 6.42 Å². The number of nitrogens with one attached hydrogen (secondary N) is 1. The summed E-state index contributed by atoms with van der Waals surface area (Å²) < 4.78 is 6.23. The smallest absolute Gasteiger partial charge is 0.330 e. The SMILES string of the molecule is C=CCc1cn([C@@H]2O[C@H](CO)[C@H](O)[C@H]2O)c(=O)[nH]c1=O. The van der Waals surface area contributed by atoms with Gasteiger partial charge in [0.25, 0.3) is 5.56 Å². The third kappa shape index (κ3) is 2.46. The van der Waals surface area contributed by atoms with E-state index in [2.05, 4.69) is 11.6 Å². The molecular formula is C12H16N2O6. The van der Waals surface area contributed by atoms with E-state index in [4.69, 9.17) is 9.84 Å². The second-order valence-corrected chi connectivity index (χ2v) is 4.54. The lowest BCUT2D eigenvalue weighted by Crippen LogP contribution is -2.38. The number of hydrogen-bond donors (Lipinski definition) is 4. The number of aromatic amines is 1. The van der Waals surface area contributed by atoms with Gasteiger partial charge in [-0.25, -0.2) is 4.79 Å². The molecule has 2 heterocycles. The second kappa shape index (κ2) is 5.71. The lowest BCUT2D eigenvalue weighted by Gasteiger charge is -2.17. The molecule has 0 amide bonds. The summed E-state index contributed by atoms with van der Waals surface area (Å²) in [5.74, 6) is 0. The summed E-state index contributed by atoms with van der Waals surface area (Å²) in [6.07, 6.45) is -1.87. The summed E-state index contributed by atoms with van der Waals surface area (Å²) in [5, 5.41) is 28.6. The zero-order valence-corrected chi connectivity index (χ0v) is 10.6. The Morgan fingerprint density at radius 2 is 2.10 bits per heavy atom. The Balaban J connectivity index is 2.43. The minimum Gasteiger partial charge on any atom is -0.394 e. The monoisotopic (exact) mass is 284 g/mol. The molecular weight excluding hydrogens is 268 g/mol. The van der Waals surface area contributed by atoms with Gasteiger partial charge in [0.15, 0.2) is 6.23 Å². The van der Waals surface area contributed by atoms with Crippen LogP contribution in [0.2, 0.25) is 0 Å². The van der Waals surface area contributed by atoms with Gasteiger partial charge in [0, 0.05) is 11.8 Å². The molecule has 1 saturated heterocycles. The Morgan fingerprint density at radius 3 is 2.65 bits per heavy atom. The fourth-order valence-corrected chi connectivity index (χ4v) is 2.13. The van der Waals surface area contributed by atoms with Gasteiger partial charge >= 0.3 is 5.69 Å². The third-order valence-corrected chi connectivity index (χ3v) is 3.20. The van der Waals surface area contributed by atoms with Crippen LogP contribution in [0.5, 0.6) is 0 Å². The van der Waals surface area contributed by atoms with Crippen LogP contribution in [0, 0.1) is 0 Å². The largest absolute Gasteiger partial charge is 0.394 e. The van der Waals surface area contributed by atoms with Crippen molar-refractivity contribution in [3.63, 3.8) is 0 Å². The predicted octanol–water partition coefficient (Wildman–Crippen LogP) is -2.12. The van der Waals surface area contributed by atoms with Crippen molar-refractivity contribution in [3.05, 3.63) is 45.3 Å². The highest BCUT2D eigenvalue weighted by atomic mass is 16.6. The number of aliphatic hydroxyl groups is 3. The summed E-state index contributed by atoms with van der Waals surface area (Å²) in [6.45, 7) is 3.01. The van der Waals surface area contributed by atoms with Gasteiger partial charge in [-0.15, -0.1) is 6.58 Å². The van der Waals surface area contributed by atoms with E-state index in [1.807, 2.05) is 0 Å². The first-order valence-corrected chi connectivity index (χ1v) is 6.07. The molecule has 4 atom stereocenters. The van der Waals surface area contributed by atoms with Gasteiger partial charge in [-0.2, -0.15) is 0 Å². The van der Waals surface area contributed by atoms with Gasteiger partial charge in [0.2, 0.25) is 0 Å². The molecule has 1 aliphatic heterocycles. The summed E-state index contributed by atoms with van der Waals surface area (Å²) in [6, 6.07) is 0. The molecule has 1 aromatic rings. The van der Waals surface area contributed by atoms with E-state index < -0.39 is 42.4 Å². The zero-order valence-electron chi connectivity index (χ0n) is 10.6. The average molecular weight is 284 g/mol. The van der Waals surface area contributed by atoms with Crippen molar-refractivity contribution in [2.24, 2.45) is 0 Å². The van der Waals surface area contributed by atoms with Crippen molar-refractivity contribution in [1.82, 2.24) is 9.55 Å². The maximum absolute atomic E-state index is 11.8. The van der Waals surface area contributed by atoms with Gasteiger partial charge in [0.05, 0.1) is 6.61 Å². The van der Waals surface area contributed by atoms with Gasteiger partial charge < -0.3 is 20.1 Å². The van der Waals surface area contributed by atoms with Crippen LogP contribution in [0.4, 0.5) is 0 Å². The molecule has 0 aliphatic carbocycles. The minimum absolute atomic E-state index is 0.240. The number of allylic oxidation sites excluding steroid dienone is 1. The van der Waals surface area contributed by atoms with Crippen LogP contribution in [0.3, 0.4) is 0 Å². The second-order valence-electron chi connectivity index (χ2n) is 4.54. The van der Waals surface area contributed by atoms with Crippen molar-refractivity contribution in [2.45, 2.75) is 31.0 Å².